The molecular weight excluding hydrogens is 252 g/mol. The van der Waals surface area contributed by atoms with Crippen LogP contribution in [0.25, 0.3) is 11.1 Å². The lowest BCUT2D eigenvalue weighted by Gasteiger charge is -2.14. The Balaban J connectivity index is 1.89. The summed E-state index contributed by atoms with van der Waals surface area (Å²) in [5, 5.41) is 0. The number of fused-ring (bicyclic) bond motifs is 3. The Morgan fingerprint density at radius 1 is 1.05 bits per heavy atom. The molecule has 4 nitrogen and oxygen atoms in total. The number of benzene rings is 2. The van der Waals surface area contributed by atoms with Crippen molar-refractivity contribution in [2.24, 2.45) is 0 Å². The highest BCUT2D eigenvalue weighted by molar-refractivity contribution is 5.79. The summed E-state index contributed by atoms with van der Waals surface area (Å²) in [5.41, 5.74) is 9.85. The maximum Gasteiger partial charge on any atom is 0.421 e. The minimum atomic E-state index is -0.464. The molecule has 2 aromatic carbocycles. The molecule has 0 heterocycles. The number of amides is 1. The van der Waals surface area contributed by atoms with Gasteiger partial charge in [0, 0.05) is 13.0 Å². The van der Waals surface area contributed by atoms with Crippen LogP contribution in [-0.2, 0) is 4.74 Å². The summed E-state index contributed by atoms with van der Waals surface area (Å²) in [7, 11) is 1.63. The fourth-order valence-corrected chi connectivity index (χ4v) is 2.74. The Kier molecular flexibility index (Phi) is 3.39. The van der Waals surface area contributed by atoms with Crippen LogP contribution in [0, 0.1) is 0 Å². The molecule has 102 valence electrons. The molecule has 4 heteroatoms. The lowest BCUT2D eigenvalue weighted by molar-refractivity contribution is 0.139. The van der Waals surface area contributed by atoms with Crippen molar-refractivity contribution in [2.75, 3.05) is 13.7 Å². The monoisotopic (exact) mass is 268 g/mol. The van der Waals surface area contributed by atoms with E-state index >= 15 is 0 Å². The average molecular weight is 268 g/mol. The van der Waals surface area contributed by atoms with Crippen LogP contribution in [0.5, 0.6) is 0 Å². The highest BCUT2D eigenvalue weighted by Gasteiger charge is 2.28. The lowest BCUT2D eigenvalue weighted by atomic mass is 9.98. The summed E-state index contributed by atoms with van der Waals surface area (Å²) in [5.74, 6) is 0.102. The fraction of sp³-hybridized carbons (Fsp3) is 0.188. The number of hydrogen-bond acceptors (Lipinski definition) is 3. The van der Waals surface area contributed by atoms with Crippen LogP contribution in [0.2, 0.25) is 0 Å². The summed E-state index contributed by atoms with van der Waals surface area (Å²) >= 11 is 0. The Morgan fingerprint density at radius 3 is 2.15 bits per heavy atom. The predicted octanol–water partition coefficient (Wildman–Crippen LogP) is 2.66. The highest BCUT2D eigenvalue weighted by Crippen LogP contribution is 2.44. The first-order valence-electron chi connectivity index (χ1n) is 6.59. The third kappa shape index (κ3) is 2.14. The van der Waals surface area contributed by atoms with Crippen LogP contribution in [0.15, 0.2) is 48.5 Å². The number of carbonyl (C=O) groups is 1. The first kappa shape index (κ1) is 12.7. The van der Waals surface area contributed by atoms with Crippen molar-refractivity contribution in [2.45, 2.75) is 5.92 Å². The maximum absolute atomic E-state index is 11.4. The molecule has 0 aliphatic heterocycles. The minimum Gasteiger partial charge on any atom is -0.448 e. The van der Waals surface area contributed by atoms with E-state index in [1.807, 2.05) is 24.3 Å². The van der Waals surface area contributed by atoms with Gasteiger partial charge in [0.1, 0.15) is 6.61 Å². The molecule has 1 aliphatic carbocycles. The number of rotatable bonds is 3. The van der Waals surface area contributed by atoms with Gasteiger partial charge in [0.2, 0.25) is 0 Å². The summed E-state index contributed by atoms with van der Waals surface area (Å²) in [6.07, 6.45) is -0.464. The van der Waals surface area contributed by atoms with Gasteiger partial charge in [-0.1, -0.05) is 48.5 Å². The smallest absolute Gasteiger partial charge is 0.421 e. The molecule has 1 aliphatic rings. The number of carbonyl (C=O) groups excluding carboxylic acids is 1. The van der Waals surface area contributed by atoms with Crippen LogP contribution >= 0.6 is 0 Å². The van der Waals surface area contributed by atoms with E-state index in [1.165, 1.54) is 22.3 Å². The second-order valence-corrected chi connectivity index (χ2v) is 4.70. The SMILES string of the molecule is CNNC(=O)OCC1c2ccccc2-c2ccccc21. The van der Waals surface area contributed by atoms with Gasteiger partial charge in [-0.3, -0.25) is 5.43 Å². The number of nitrogens with one attached hydrogen (secondary N) is 2. The third-order valence-corrected chi connectivity index (χ3v) is 3.57. The van der Waals surface area contributed by atoms with Crippen LogP contribution in [0.3, 0.4) is 0 Å². The van der Waals surface area contributed by atoms with E-state index < -0.39 is 6.09 Å². The minimum absolute atomic E-state index is 0.102. The third-order valence-electron chi connectivity index (χ3n) is 3.57. The van der Waals surface area contributed by atoms with E-state index in [4.69, 9.17) is 4.74 Å². The molecule has 0 aromatic heterocycles. The van der Waals surface area contributed by atoms with Gasteiger partial charge in [-0.05, 0) is 22.3 Å². The largest absolute Gasteiger partial charge is 0.448 e. The van der Waals surface area contributed by atoms with Gasteiger partial charge in [0.05, 0.1) is 0 Å². The quantitative estimate of drug-likeness (QED) is 0.841. The average Bonchev–Trinajstić information content (AvgIpc) is 2.80. The molecule has 0 saturated heterocycles. The second-order valence-electron chi connectivity index (χ2n) is 4.70. The zero-order chi connectivity index (χ0) is 13.9. The highest BCUT2D eigenvalue weighted by atomic mass is 16.6. The van der Waals surface area contributed by atoms with Gasteiger partial charge in [-0.25, -0.2) is 10.2 Å². The van der Waals surface area contributed by atoms with Gasteiger partial charge in [-0.15, -0.1) is 0 Å². The molecule has 2 aromatic rings. The standard InChI is InChI=1S/C16H16N2O2/c1-17-18-16(19)20-10-15-13-8-4-2-6-11(13)12-7-3-5-9-14(12)15/h2-9,15,17H,10H2,1H3,(H,18,19). The summed E-state index contributed by atoms with van der Waals surface area (Å²) < 4.78 is 5.27. The molecule has 0 bridgehead atoms. The van der Waals surface area contributed by atoms with Crippen molar-refractivity contribution in [3.63, 3.8) is 0 Å². The Hall–Kier alpha value is -2.33. The molecule has 1 amide bonds. The summed E-state index contributed by atoms with van der Waals surface area (Å²) in [4.78, 5) is 11.4. The first-order valence-corrected chi connectivity index (χ1v) is 6.59. The Bertz CT molecular complexity index is 594. The van der Waals surface area contributed by atoms with Crippen molar-refractivity contribution in [1.82, 2.24) is 10.9 Å². The van der Waals surface area contributed by atoms with Gasteiger partial charge in [0.15, 0.2) is 0 Å². The molecule has 0 fully saturated rings. The maximum atomic E-state index is 11.4. The van der Waals surface area contributed by atoms with Crippen LogP contribution < -0.4 is 10.9 Å². The topological polar surface area (TPSA) is 50.4 Å². The van der Waals surface area contributed by atoms with Crippen LogP contribution in [0.4, 0.5) is 4.79 Å². The van der Waals surface area contributed by atoms with E-state index in [-0.39, 0.29) is 5.92 Å². The van der Waals surface area contributed by atoms with Crippen molar-refractivity contribution >= 4 is 6.09 Å². The normalized spacial score (nSPS) is 12.7. The van der Waals surface area contributed by atoms with E-state index in [2.05, 4.69) is 35.1 Å². The first-order chi connectivity index (χ1) is 9.81. The predicted molar refractivity (Wildman–Crippen MR) is 77.3 cm³/mol. The Labute approximate surface area is 117 Å². The van der Waals surface area contributed by atoms with E-state index in [1.54, 1.807) is 7.05 Å². The van der Waals surface area contributed by atoms with Crippen LogP contribution in [0.1, 0.15) is 17.0 Å². The van der Waals surface area contributed by atoms with Gasteiger partial charge in [0.25, 0.3) is 0 Å². The summed E-state index contributed by atoms with van der Waals surface area (Å²) in [6.45, 7) is 0.335. The number of hydrazine groups is 1. The van der Waals surface area contributed by atoms with Crippen molar-refractivity contribution in [3.05, 3.63) is 59.7 Å². The zero-order valence-electron chi connectivity index (χ0n) is 11.2. The van der Waals surface area contributed by atoms with Crippen molar-refractivity contribution < 1.29 is 9.53 Å². The molecule has 2 N–H and O–H groups in total. The molecule has 0 saturated carbocycles. The molecule has 0 spiro atoms. The van der Waals surface area contributed by atoms with E-state index in [9.17, 15) is 4.79 Å². The van der Waals surface area contributed by atoms with Crippen LogP contribution in [-0.4, -0.2) is 19.7 Å². The van der Waals surface area contributed by atoms with Crippen molar-refractivity contribution in [1.29, 1.82) is 0 Å². The molecule has 0 radical (unpaired) electrons. The van der Waals surface area contributed by atoms with Crippen molar-refractivity contribution in [3.8, 4) is 11.1 Å². The zero-order valence-corrected chi connectivity index (χ0v) is 11.2. The second kappa shape index (κ2) is 5.35. The lowest BCUT2D eigenvalue weighted by Crippen LogP contribution is -2.35. The van der Waals surface area contributed by atoms with E-state index in [0.29, 0.717) is 6.61 Å². The molecule has 0 unspecified atom stereocenters. The summed E-state index contributed by atoms with van der Waals surface area (Å²) in [6, 6.07) is 16.5. The number of ether oxygens (including phenoxy) is 1. The molecule has 0 atom stereocenters. The van der Waals surface area contributed by atoms with Gasteiger partial charge in [-0.2, -0.15) is 0 Å². The number of hydrogen-bond donors (Lipinski definition) is 2. The Morgan fingerprint density at radius 2 is 1.60 bits per heavy atom. The van der Waals surface area contributed by atoms with Gasteiger partial charge < -0.3 is 4.74 Å². The molecule has 3 rings (SSSR count). The molecule has 20 heavy (non-hydrogen) atoms. The molecular formula is C16H16N2O2. The van der Waals surface area contributed by atoms with E-state index in [0.717, 1.165) is 0 Å². The van der Waals surface area contributed by atoms with Gasteiger partial charge >= 0.3 is 6.09 Å². The fourth-order valence-electron chi connectivity index (χ4n) is 2.74.